The second-order valence-corrected chi connectivity index (χ2v) is 7.62. The van der Waals surface area contributed by atoms with E-state index in [0.717, 1.165) is 23.8 Å². The number of nitrogens with one attached hydrogen (secondary N) is 1. The summed E-state index contributed by atoms with van der Waals surface area (Å²) in [6.45, 7) is 8.06. The van der Waals surface area contributed by atoms with Crippen LogP contribution in [0.3, 0.4) is 0 Å². The van der Waals surface area contributed by atoms with E-state index in [9.17, 15) is 14.4 Å². The van der Waals surface area contributed by atoms with Crippen molar-refractivity contribution in [2.45, 2.75) is 59.5 Å². The third-order valence-corrected chi connectivity index (χ3v) is 4.44. The van der Waals surface area contributed by atoms with Gasteiger partial charge in [-0.2, -0.15) is 0 Å². The minimum Gasteiger partial charge on any atom is -0.368 e. The smallest absolute Gasteiger partial charge is 0.337 e. The highest BCUT2D eigenvalue weighted by molar-refractivity contribution is 5.92. The number of fused-ring (bicyclic) bond motifs is 1. The van der Waals surface area contributed by atoms with Crippen molar-refractivity contribution in [3.8, 4) is 0 Å². The molecule has 0 aliphatic carbocycles. The van der Waals surface area contributed by atoms with Gasteiger partial charge in [-0.25, -0.2) is 14.2 Å². The molecule has 0 bridgehead atoms. The Morgan fingerprint density at radius 1 is 1.15 bits per heavy atom. The fourth-order valence-corrected chi connectivity index (χ4v) is 3.04. The first kappa shape index (κ1) is 19.8. The van der Waals surface area contributed by atoms with E-state index in [1.54, 1.807) is 37.5 Å². The van der Waals surface area contributed by atoms with E-state index in [2.05, 4.69) is 12.2 Å². The average molecular weight is 360 g/mol. The molecule has 2 amide bonds. The van der Waals surface area contributed by atoms with E-state index in [4.69, 9.17) is 5.73 Å². The van der Waals surface area contributed by atoms with Crippen molar-refractivity contribution in [1.29, 1.82) is 0 Å². The summed E-state index contributed by atoms with van der Waals surface area (Å²) in [6, 6.07) is 5.63. The highest BCUT2D eigenvalue weighted by Gasteiger charge is 2.32. The van der Waals surface area contributed by atoms with Gasteiger partial charge in [-0.05, 0) is 24.0 Å². The largest absolute Gasteiger partial charge is 0.368 e. The van der Waals surface area contributed by atoms with Gasteiger partial charge < -0.3 is 11.1 Å². The highest BCUT2D eigenvalue weighted by Crippen LogP contribution is 2.20. The number of para-hydroxylation sites is 2. The molecule has 1 heterocycles. The molecule has 0 saturated carbocycles. The summed E-state index contributed by atoms with van der Waals surface area (Å²) in [4.78, 5) is 37.4. The maximum atomic E-state index is 12.9. The minimum absolute atomic E-state index is 0.406. The Morgan fingerprint density at radius 3 is 2.31 bits per heavy atom. The topological polar surface area (TPSA) is 99.1 Å². The maximum absolute atomic E-state index is 12.9. The average Bonchev–Trinajstić information content (AvgIpc) is 2.83. The number of nitrogens with zero attached hydrogens (tertiary/aromatic N) is 2. The Balaban J connectivity index is 2.46. The molecule has 0 saturated heterocycles. The minimum atomic E-state index is -0.885. The highest BCUT2D eigenvalue weighted by atomic mass is 16.2. The van der Waals surface area contributed by atoms with Crippen LogP contribution < -0.4 is 16.7 Å². The predicted octanol–water partition coefficient (Wildman–Crippen LogP) is 2.45. The molecule has 26 heavy (non-hydrogen) atoms. The Hall–Kier alpha value is -2.57. The maximum Gasteiger partial charge on any atom is 0.337 e. The SMILES string of the molecule is CCCCCn1c(=O)n(C(=O)N[C@H](C(N)=O)C(C)(C)C)c2ccccc21. The molecule has 1 atom stereocenters. The second kappa shape index (κ2) is 7.76. The van der Waals surface area contributed by atoms with Gasteiger partial charge in [0.2, 0.25) is 5.91 Å². The lowest BCUT2D eigenvalue weighted by molar-refractivity contribution is -0.122. The van der Waals surface area contributed by atoms with Crippen LogP contribution in [-0.2, 0) is 11.3 Å². The number of hydrogen-bond donors (Lipinski definition) is 2. The van der Waals surface area contributed by atoms with Gasteiger partial charge in [0.15, 0.2) is 0 Å². The normalized spacial score (nSPS) is 12.9. The number of carbonyl (C=O) groups is 2. The molecule has 0 fully saturated rings. The number of aryl methyl sites for hydroxylation is 1. The molecule has 2 rings (SSSR count). The zero-order valence-corrected chi connectivity index (χ0v) is 15.9. The van der Waals surface area contributed by atoms with Crippen molar-refractivity contribution in [3.63, 3.8) is 0 Å². The number of primary amides is 1. The van der Waals surface area contributed by atoms with E-state index in [0.29, 0.717) is 17.6 Å². The third kappa shape index (κ3) is 3.98. The van der Waals surface area contributed by atoms with E-state index >= 15 is 0 Å². The molecular weight excluding hydrogens is 332 g/mol. The van der Waals surface area contributed by atoms with Gasteiger partial charge in [-0.15, -0.1) is 0 Å². The van der Waals surface area contributed by atoms with Crippen LogP contribution in [0.25, 0.3) is 11.0 Å². The first-order chi connectivity index (χ1) is 12.2. The lowest BCUT2D eigenvalue weighted by Gasteiger charge is -2.28. The molecule has 0 aliphatic heterocycles. The second-order valence-electron chi connectivity index (χ2n) is 7.62. The zero-order chi connectivity index (χ0) is 19.5. The van der Waals surface area contributed by atoms with Crippen LogP contribution in [-0.4, -0.2) is 27.1 Å². The third-order valence-electron chi connectivity index (χ3n) is 4.44. The number of unbranched alkanes of at least 4 members (excludes halogenated alkanes) is 2. The molecule has 0 spiro atoms. The number of amides is 2. The zero-order valence-electron chi connectivity index (χ0n) is 15.9. The Labute approximate surface area is 153 Å². The molecule has 7 heteroatoms. The number of benzene rings is 1. The van der Waals surface area contributed by atoms with Crippen molar-refractivity contribution < 1.29 is 9.59 Å². The van der Waals surface area contributed by atoms with Gasteiger partial charge in [0.05, 0.1) is 11.0 Å². The van der Waals surface area contributed by atoms with Crippen molar-refractivity contribution in [2.24, 2.45) is 11.1 Å². The van der Waals surface area contributed by atoms with E-state index in [1.165, 1.54) is 0 Å². The van der Waals surface area contributed by atoms with Gasteiger partial charge in [-0.3, -0.25) is 9.36 Å². The number of aromatic nitrogens is 2. The van der Waals surface area contributed by atoms with Crippen LogP contribution in [0, 0.1) is 5.41 Å². The fraction of sp³-hybridized carbons (Fsp3) is 0.526. The summed E-state index contributed by atoms with van der Waals surface area (Å²) < 4.78 is 2.70. The van der Waals surface area contributed by atoms with E-state index < -0.39 is 29.1 Å². The molecular formula is C19H28N4O3. The lowest BCUT2D eigenvalue weighted by atomic mass is 9.86. The van der Waals surface area contributed by atoms with E-state index in [1.807, 2.05) is 12.1 Å². The summed E-state index contributed by atoms with van der Waals surface area (Å²) in [5.41, 5.74) is 5.69. The van der Waals surface area contributed by atoms with Gasteiger partial charge in [0.1, 0.15) is 6.04 Å². The summed E-state index contributed by atoms with van der Waals surface area (Å²) in [5, 5.41) is 2.62. The molecule has 142 valence electrons. The quantitative estimate of drug-likeness (QED) is 0.774. The predicted molar refractivity (Wildman–Crippen MR) is 102 cm³/mol. The number of imidazole rings is 1. The van der Waals surface area contributed by atoms with E-state index in [-0.39, 0.29) is 0 Å². The number of nitrogens with two attached hydrogens (primary N) is 1. The van der Waals surface area contributed by atoms with Crippen molar-refractivity contribution >= 4 is 23.0 Å². The van der Waals surface area contributed by atoms with Crippen LogP contribution in [0.4, 0.5) is 4.79 Å². The summed E-state index contributed by atoms with van der Waals surface area (Å²) >= 11 is 0. The van der Waals surface area contributed by atoms with Gasteiger partial charge in [-0.1, -0.05) is 52.7 Å². The van der Waals surface area contributed by atoms with Crippen LogP contribution in [0.15, 0.2) is 29.1 Å². The van der Waals surface area contributed by atoms with Gasteiger partial charge >= 0.3 is 11.7 Å². The summed E-state index contributed by atoms with van der Waals surface area (Å²) in [5.74, 6) is -0.634. The molecule has 3 N–H and O–H groups in total. The molecule has 1 aromatic carbocycles. The van der Waals surface area contributed by atoms with Crippen LogP contribution in [0.5, 0.6) is 0 Å². The standard InChI is InChI=1S/C19H28N4O3/c1-5-6-9-12-22-13-10-7-8-11-14(13)23(18(22)26)17(25)21-15(16(20)24)19(2,3)4/h7-8,10-11,15H,5-6,9,12H2,1-4H3,(H2,20,24)(H,21,25)/t15-/m1/s1. The van der Waals surface area contributed by atoms with Gasteiger partial charge in [0, 0.05) is 6.54 Å². The van der Waals surface area contributed by atoms with Crippen LogP contribution in [0.2, 0.25) is 0 Å². The molecule has 7 nitrogen and oxygen atoms in total. The number of hydrogen-bond acceptors (Lipinski definition) is 3. The van der Waals surface area contributed by atoms with Crippen molar-refractivity contribution in [3.05, 3.63) is 34.7 Å². The molecule has 1 aromatic heterocycles. The Morgan fingerprint density at radius 2 is 1.77 bits per heavy atom. The summed E-state index contributed by atoms with van der Waals surface area (Å²) in [7, 11) is 0. The number of carbonyl (C=O) groups excluding carboxylic acids is 2. The van der Waals surface area contributed by atoms with Crippen molar-refractivity contribution in [1.82, 2.24) is 14.5 Å². The first-order valence-corrected chi connectivity index (χ1v) is 8.99. The number of rotatable bonds is 6. The molecule has 2 aromatic rings. The molecule has 0 unspecified atom stereocenters. The fourth-order valence-electron chi connectivity index (χ4n) is 3.04. The lowest BCUT2D eigenvalue weighted by Crippen LogP contribution is -2.54. The Bertz CT molecular complexity index is 858. The molecule has 0 aliphatic rings. The monoisotopic (exact) mass is 360 g/mol. The van der Waals surface area contributed by atoms with Crippen molar-refractivity contribution in [2.75, 3.05) is 0 Å². The summed E-state index contributed by atoms with van der Waals surface area (Å²) in [6.07, 6.45) is 2.91. The Kier molecular flexibility index (Phi) is 5.90. The van der Waals surface area contributed by atoms with Gasteiger partial charge in [0.25, 0.3) is 0 Å². The van der Waals surface area contributed by atoms with Crippen LogP contribution >= 0.6 is 0 Å². The molecule has 0 radical (unpaired) electrons. The first-order valence-electron chi connectivity index (χ1n) is 8.99. The van der Waals surface area contributed by atoms with Crippen LogP contribution in [0.1, 0.15) is 47.0 Å².